The zero-order chi connectivity index (χ0) is 30.6. The molecule has 0 radical (unpaired) electrons. The number of nitrogens with zero attached hydrogens (tertiary/aromatic N) is 1. The Hall–Kier alpha value is -1.40. The highest BCUT2D eigenvalue weighted by Crippen LogP contribution is 2.67. The normalized spacial score (nSPS) is 36.7. The van der Waals surface area contributed by atoms with Crippen molar-refractivity contribution < 1.29 is 19.1 Å². The summed E-state index contributed by atoms with van der Waals surface area (Å²) in [5, 5.41) is 2.96. The molecule has 1 N–H and O–H groups in total. The zero-order valence-corrected chi connectivity index (χ0v) is 28.1. The molecule has 1 heterocycles. The summed E-state index contributed by atoms with van der Waals surface area (Å²) in [5.74, 6) is 4.74. The number of hydrogen-bond donors (Lipinski definition) is 1. The number of carbonyl (C=O) groups is 2. The lowest BCUT2D eigenvalue weighted by Gasteiger charge is -2.58. The van der Waals surface area contributed by atoms with Gasteiger partial charge in [0.1, 0.15) is 6.10 Å². The number of hydrogen-bond acceptors (Lipinski definition) is 5. The van der Waals surface area contributed by atoms with Crippen LogP contribution in [-0.4, -0.2) is 62.3 Å². The Labute approximate surface area is 262 Å². The van der Waals surface area contributed by atoms with Crippen LogP contribution in [0.5, 0.6) is 0 Å². The molecular formula is C37H62N2O4. The van der Waals surface area contributed by atoms with Crippen molar-refractivity contribution in [3.8, 4) is 0 Å². The van der Waals surface area contributed by atoms with Gasteiger partial charge in [0.2, 0.25) is 5.91 Å². The Morgan fingerprint density at radius 3 is 2.58 bits per heavy atom. The molecule has 5 rings (SSSR count). The molecule has 43 heavy (non-hydrogen) atoms. The highest BCUT2D eigenvalue weighted by molar-refractivity contribution is 5.81. The van der Waals surface area contributed by atoms with E-state index in [2.05, 4.69) is 50.9 Å². The first kappa shape index (κ1) is 33.0. The monoisotopic (exact) mass is 598 g/mol. The van der Waals surface area contributed by atoms with Crippen LogP contribution in [0.25, 0.3) is 0 Å². The Bertz CT molecular complexity index is 989. The summed E-state index contributed by atoms with van der Waals surface area (Å²) >= 11 is 0. The van der Waals surface area contributed by atoms with E-state index >= 15 is 0 Å². The van der Waals surface area contributed by atoms with Gasteiger partial charge in [-0.25, -0.2) is 0 Å². The summed E-state index contributed by atoms with van der Waals surface area (Å²) in [5.41, 5.74) is 2.33. The van der Waals surface area contributed by atoms with Gasteiger partial charge in [-0.2, -0.15) is 0 Å². The minimum atomic E-state index is -0.223. The molecule has 244 valence electrons. The predicted octanol–water partition coefficient (Wildman–Crippen LogP) is 7.17. The number of amides is 1. The molecule has 1 amide bonds. The van der Waals surface area contributed by atoms with E-state index in [0.717, 1.165) is 87.6 Å². The van der Waals surface area contributed by atoms with Gasteiger partial charge in [-0.1, -0.05) is 65.5 Å². The maximum atomic E-state index is 12.7. The van der Waals surface area contributed by atoms with Crippen LogP contribution >= 0.6 is 0 Å². The van der Waals surface area contributed by atoms with E-state index in [9.17, 15) is 9.59 Å². The average Bonchev–Trinajstić information content (AvgIpc) is 3.34. The molecule has 4 fully saturated rings. The molecule has 0 aromatic rings. The summed E-state index contributed by atoms with van der Waals surface area (Å²) in [6.07, 6.45) is 16.9. The van der Waals surface area contributed by atoms with E-state index in [-0.39, 0.29) is 36.2 Å². The van der Waals surface area contributed by atoms with Crippen LogP contribution in [0.3, 0.4) is 0 Å². The fourth-order valence-electron chi connectivity index (χ4n) is 10.5. The van der Waals surface area contributed by atoms with Crippen LogP contribution in [0, 0.1) is 46.3 Å². The van der Waals surface area contributed by atoms with Crippen LogP contribution in [0.1, 0.15) is 118 Å². The first-order valence-corrected chi connectivity index (χ1v) is 18.1. The second-order valence-corrected chi connectivity index (χ2v) is 15.9. The second kappa shape index (κ2) is 14.4. The SMILES string of the molecule is CC(C)CCCC(C)C1CCC2C3CC=C4CC(OC(=O)CCC(=O)NCCN5CCOCC5)CCC4(C)C3CCC12C. The molecule has 5 aliphatic rings. The van der Waals surface area contributed by atoms with Crippen LogP contribution in [-0.2, 0) is 19.1 Å². The molecule has 0 aromatic carbocycles. The number of allylic oxidation sites excluding steroid dienone is 1. The lowest BCUT2D eigenvalue weighted by molar-refractivity contribution is -0.152. The summed E-state index contributed by atoms with van der Waals surface area (Å²) < 4.78 is 11.3. The van der Waals surface area contributed by atoms with Crippen LogP contribution < -0.4 is 5.32 Å². The van der Waals surface area contributed by atoms with E-state index in [1.54, 1.807) is 5.57 Å². The summed E-state index contributed by atoms with van der Waals surface area (Å²) in [6.45, 7) is 17.3. The van der Waals surface area contributed by atoms with Gasteiger partial charge in [0, 0.05) is 39.0 Å². The molecular weight excluding hydrogens is 536 g/mol. The van der Waals surface area contributed by atoms with Crippen LogP contribution in [0.15, 0.2) is 11.6 Å². The molecule has 3 saturated carbocycles. The molecule has 4 aliphatic carbocycles. The standard InChI is InChI=1S/C37H62N2O4/c1-26(2)7-6-8-27(3)31-11-12-32-30-10-9-28-25-29(15-17-36(28,4)33(30)16-18-37(31,32)5)43-35(41)14-13-34(40)38-19-20-39-21-23-42-24-22-39/h9,26-27,29-33H,6-8,10-25H2,1-5H3,(H,38,40). The van der Waals surface area contributed by atoms with Crippen molar-refractivity contribution in [3.63, 3.8) is 0 Å². The van der Waals surface area contributed by atoms with E-state index in [0.29, 0.717) is 12.0 Å². The molecule has 0 spiro atoms. The minimum Gasteiger partial charge on any atom is -0.462 e. The Morgan fingerprint density at radius 2 is 1.81 bits per heavy atom. The Balaban J connectivity index is 1.09. The first-order chi connectivity index (χ1) is 20.6. The van der Waals surface area contributed by atoms with Gasteiger partial charge >= 0.3 is 5.97 Å². The number of carbonyl (C=O) groups excluding carboxylic acids is 2. The molecule has 0 bridgehead atoms. The smallest absolute Gasteiger partial charge is 0.306 e. The van der Waals surface area contributed by atoms with Crippen molar-refractivity contribution in [2.75, 3.05) is 39.4 Å². The van der Waals surface area contributed by atoms with Crippen LogP contribution in [0.4, 0.5) is 0 Å². The van der Waals surface area contributed by atoms with Gasteiger partial charge in [0.25, 0.3) is 0 Å². The second-order valence-electron chi connectivity index (χ2n) is 15.9. The molecule has 8 atom stereocenters. The topological polar surface area (TPSA) is 67.9 Å². The number of fused-ring (bicyclic) bond motifs is 5. The number of morpholine rings is 1. The fraction of sp³-hybridized carbons (Fsp3) is 0.892. The van der Waals surface area contributed by atoms with Gasteiger partial charge in [-0.3, -0.25) is 14.5 Å². The number of rotatable bonds is 12. The lowest BCUT2D eigenvalue weighted by atomic mass is 9.47. The van der Waals surface area contributed by atoms with Crippen LogP contribution in [0.2, 0.25) is 0 Å². The van der Waals surface area contributed by atoms with Gasteiger partial charge < -0.3 is 14.8 Å². The third-order valence-electron chi connectivity index (χ3n) is 13.0. The third kappa shape index (κ3) is 7.54. The molecule has 1 saturated heterocycles. The Kier molecular flexibility index (Phi) is 11.0. The fourth-order valence-corrected chi connectivity index (χ4v) is 10.5. The minimum absolute atomic E-state index is 0.0378. The third-order valence-corrected chi connectivity index (χ3v) is 13.0. The summed E-state index contributed by atoms with van der Waals surface area (Å²) in [4.78, 5) is 27.3. The average molecular weight is 599 g/mol. The van der Waals surface area contributed by atoms with Gasteiger partial charge in [0.15, 0.2) is 0 Å². The molecule has 6 heteroatoms. The highest BCUT2D eigenvalue weighted by Gasteiger charge is 2.59. The number of nitrogens with one attached hydrogen (secondary N) is 1. The quantitative estimate of drug-likeness (QED) is 0.191. The van der Waals surface area contributed by atoms with Gasteiger partial charge in [-0.05, 0) is 91.3 Å². The largest absolute Gasteiger partial charge is 0.462 e. The number of ether oxygens (including phenoxy) is 2. The highest BCUT2D eigenvalue weighted by atomic mass is 16.5. The summed E-state index contributed by atoms with van der Waals surface area (Å²) in [7, 11) is 0. The first-order valence-electron chi connectivity index (χ1n) is 18.1. The molecule has 1 aliphatic heterocycles. The predicted molar refractivity (Wildman–Crippen MR) is 172 cm³/mol. The molecule has 0 aromatic heterocycles. The van der Waals surface area contributed by atoms with Gasteiger partial charge in [-0.15, -0.1) is 0 Å². The van der Waals surface area contributed by atoms with Crippen molar-refractivity contribution in [2.45, 2.75) is 124 Å². The maximum absolute atomic E-state index is 12.7. The lowest BCUT2D eigenvalue weighted by Crippen LogP contribution is -2.51. The maximum Gasteiger partial charge on any atom is 0.306 e. The van der Waals surface area contributed by atoms with Crippen molar-refractivity contribution in [2.24, 2.45) is 46.3 Å². The zero-order valence-electron chi connectivity index (χ0n) is 28.1. The van der Waals surface area contributed by atoms with E-state index < -0.39 is 0 Å². The molecule has 6 nitrogen and oxygen atoms in total. The van der Waals surface area contributed by atoms with Crippen molar-refractivity contribution in [3.05, 3.63) is 11.6 Å². The Morgan fingerprint density at radius 1 is 1.02 bits per heavy atom. The number of esters is 1. The van der Waals surface area contributed by atoms with E-state index in [1.807, 2.05) is 0 Å². The summed E-state index contributed by atoms with van der Waals surface area (Å²) in [6, 6.07) is 0. The van der Waals surface area contributed by atoms with E-state index in [4.69, 9.17) is 9.47 Å². The van der Waals surface area contributed by atoms with Gasteiger partial charge in [0.05, 0.1) is 19.6 Å². The van der Waals surface area contributed by atoms with Crippen molar-refractivity contribution in [1.82, 2.24) is 10.2 Å². The van der Waals surface area contributed by atoms with Crippen molar-refractivity contribution in [1.29, 1.82) is 0 Å². The van der Waals surface area contributed by atoms with E-state index in [1.165, 1.54) is 51.4 Å². The van der Waals surface area contributed by atoms with Crippen molar-refractivity contribution >= 4 is 11.9 Å². The molecule has 8 unspecified atom stereocenters.